The van der Waals surface area contributed by atoms with Gasteiger partial charge in [0.25, 0.3) is 0 Å². The Morgan fingerprint density at radius 3 is 3.11 bits per heavy atom. The number of nitrogens with zero attached hydrogens (tertiary/aromatic N) is 4. The van der Waals surface area contributed by atoms with Gasteiger partial charge in [-0.1, -0.05) is 13.3 Å². The van der Waals surface area contributed by atoms with Gasteiger partial charge < -0.3 is 4.90 Å². The third-order valence-electron chi connectivity index (χ3n) is 3.73. The molecule has 0 N–H and O–H groups in total. The zero-order valence-corrected chi connectivity index (χ0v) is 10.5. The van der Waals surface area contributed by atoms with Crippen molar-refractivity contribution < 1.29 is 4.39 Å². The van der Waals surface area contributed by atoms with Crippen molar-refractivity contribution in [1.82, 2.24) is 14.6 Å². The van der Waals surface area contributed by atoms with Crippen molar-refractivity contribution in [3.63, 3.8) is 0 Å². The van der Waals surface area contributed by atoms with Crippen molar-refractivity contribution in [3.05, 3.63) is 24.1 Å². The third-order valence-corrected chi connectivity index (χ3v) is 3.73. The van der Waals surface area contributed by atoms with Gasteiger partial charge in [0.05, 0.1) is 0 Å². The summed E-state index contributed by atoms with van der Waals surface area (Å²) in [5, 5.41) is 8.29. The van der Waals surface area contributed by atoms with Gasteiger partial charge in [0.1, 0.15) is 5.82 Å². The Labute approximate surface area is 105 Å². The van der Waals surface area contributed by atoms with Crippen LogP contribution in [0.2, 0.25) is 0 Å². The molecule has 0 aliphatic carbocycles. The zero-order valence-electron chi connectivity index (χ0n) is 10.5. The summed E-state index contributed by atoms with van der Waals surface area (Å²) in [6.07, 6.45) is 5.09. The molecular weight excluding hydrogens is 231 g/mol. The van der Waals surface area contributed by atoms with Crippen molar-refractivity contribution in [2.75, 3.05) is 18.0 Å². The van der Waals surface area contributed by atoms with Gasteiger partial charge in [0.15, 0.2) is 5.65 Å². The van der Waals surface area contributed by atoms with E-state index < -0.39 is 0 Å². The van der Waals surface area contributed by atoms with Crippen LogP contribution in [-0.2, 0) is 0 Å². The smallest absolute Gasteiger partial charge is 0.231 e. The van der Waals surface area contributed by atoms with Crippen LogP contribution in [0.5, 0.6) is 0 Å². The van der Waals surface area contributed by atoms with Crippen LogP contribution in [0.3, 0.4) is 0 Å². The van der Waals surface area contributed by atoms with Gasteiger partial charge in [-0.2, -0.15) is 0 Å². The van der Waals surface area contributed by atoms with E-state index in [9.17, 15) is 4.39 Å². The summed E-state index contributed by atoms with van der Waals surface area (Å²) in [5.41, 5.74) is 0.699. The standard InChI is InChI=1S/C13H17FN4/c1-2-10-4-3-7-17(8-10)13-16-15-12-6-5-11(14)9-18(12)13/h5-6,9-10H,2-4,7-8H2,1H3/t10-/m1/s1. The average Bonchev–Trinajstić information content (AvgIpc) is 2.81. The molecule has 2 aromatic rings. The number of rotatable bonds is 2. The minimum absolute atomic E-state index is 0.257. The lowest BCUT2D eigenvalue weighted by Crippen LogP contribution is -2.36. The second-order valence-electron chi connectivity index (χ2n) is 4.94. The van der Waals surface area contributed by atoms with Crippen LogP contribution in [0.1, 0.15) is 26.2 Å². The lowest BCUT2D eigenvalue weighted by Gasteiger charge is -2.32. The molecule has 18 heavy (non-hydrogen) atoms. The lowest BCUT2D eigenvalue weighted by molar-refractivity contribution is 0.400. The van der Waals surface area contributed by atoms with Gasteiger partial charge in [0, 0.05) is 19.3 Å². The Morgan fingerprint density at radius 1 is 1.39 bits per heavy atom. The maximum atomic E-state index is 13.3. The number of halogens is 1. The largest absolute Gasteiger partial charge is 0.340 e. The van der Waals surface area contributed by atoms with E-state index in [2.05, 4.69) is 22.0 Å². The number of aromatic nitrogens is 3. The first-order valence-electron chi connectivity index (χ1n) is 6.53. The molecule has 1 aliphatic heterocycles. The van der Waals surface area contributed by atoms with Crippen molar-refractivity contribution in [3.8, 4) is 0 Å². The van der Waals surface area contributed by atoms with E-state index in [-0.39, 0.29) is 5.82 Å². The summed E-state index contributed by atoms with van der Waals surface area (Å²) in [5.74, 6) is 1.22. The SMILES string of the molecule is CC[C@@H]1CCCN(c2nnc3ccc(F)cn23)C1. The average molecular weight is 248 g/mol. The van der Waals surface area contributed by atoms with Crippen molar-refractivity contribution in [1.29, 1.82) is 0 Å². The Kier molecular flexibility index (Phi) is 2.89. The van der Waals surface area contributed by atoms with E-state index >= 15 is 0 Å². The number of hydrogen-bond donors (Lipinski definition) is 0. The first kappa shape index (κ1) is 11.4. The van der Waals surface area contributed by atoms with E-state index in [1.807, 2.05) is 0 Å². The van der Waals surface area contributed by atoms with Crippen molar-refractivity contribution in [2.24, 2.45) is 5.92 Å². The molecule has 1 saturated heterocycles. The molecular formula is C13H17FN4. The molecule has 2 aromatic heterocycles. The highest BCUT2D eigenvalue weighted by molar-refractivity contribution is 5.46. The first-order valence-corrected chi connectivity index (χ1v) is 6.53. The molecule has 0 saturated carbocycles. The molecule has 96 valence electrons. The van der Waals surface area contributed by atoms with E-state index in [1.165, 1.54) is 31.5 Å². The van der Waals surface area contributed by atoms with Gasteiger partial charge >= 0.3 is 0 Å². The van der Waals surface area contributed by atoms with Crippen LogP contribution in [-0.4, -0.2) is 27.7 Å². The topological polar surface area (TPSA) is 33.4 Å². The predicted molar refractivity (Wildman–Crippen MR) is 68.2 cm³/mol. The number of piperidine rings is 1. The number of anilines is 1. The maximum absolute atomic E-state index is 13.3. The normalized spacial score (nSPS) is 20.6. The molecule has 0 radical (unpaired) electrons. The quantitative estimate of drug-likeness (QED) is 0.818. The predicted octanol–water partition coefficient (Wildman–Crippen LogP) is 2.49. The zero-order chi connectivity index (χ0) is 12.5. The van der Waals surface area contributed by atoms with Crippen LogP contribution < -0.4 is 4.90 Å². The molecule has 4 nitrogen and oxygen atoms in total. The highest BCUT2D eigenvalue weighted by Gasteiger charge is 2.22. The van der Waals surface area contributed by atoms with Crippen LogP contribution in [0.4, 0.5) is 10.3 Å². The molecule has 0 aromatic carbocycles. The van der Waals surface area contributed by atoms with Crippen LogP contribution in [0.15, 0.2) is 18.3 Å². The lowest BCUT2D eigenvalue weighted by atomic mass is 9.96. The number of fused-ring (bicyclic) bond motifs is 1. The van der Waals surface area contributed by atoms with Gasteiger partial charge in [-0.05, 0) is 30.9 Å². The maximum Gasteiger partial charge on any atom is 0.231 e. The number of pyridine rings is 1. The highest BCUT2D eigenvalue weighted by atomic mass is 19.1. The molecule has 3 rings (SSSR count). The molecule has 0 spiro atoms. The summed E-state index contributed by atoms with van der Waals surface area (Å²) in [7, 11) is 0. The van der Waals surface area contributed by atoms with Crippen molar-refractivity contribution >= 4 is 11.6 Å². The summed E-state index contributed by atoms with van der Waals surface area (Å²) in [6, 6.07) is 3.08. The third kappa shape index (κ3) is 1.94. The first-order chi connectivity index (χ1) is 8.78. The Morgan fingerprint density at radius 2 is 2.28 bits per heavy atom. The fraction of sp³-hybridized carbons (Fsp3) is 0.538. The molecule has 5 heteroatoms. The van der Waals surface area contributed by atoms with Gasteiger partial charge in [-0.3, -0.25) is 4.40 Å². The Bertz CT molecular complexity index is 551. The molecule has 1 fully saturated rings. The summed E-state index contributed by atoms with van der Waals surface area (Å²) < 4.78 is 15.1. The van der Waals surface area contributed by atoms with Gasteiger partial charge in [-0.15, -0.1) is 10.2 Å². The van der Waals surface area contributed by atoms with Crippen LogP contribution in [0, 0.1) is 11.7 Å². The minimum Gasteiger partial charge on any atom is -0.340 e. The second-order valence-corrected chi connectivity index (χ2v) is 4.94. The van der Waals surface area contributed by atoms with E-state index in [4.69, 9.17) is 0 Å². The molecule has 1 atom stereocenters. The van der Waals surface area contributed by atoms with Crippen LogP contribution in [0.25, 0.3) is 5.65 Å². The minimum atomic E-state index is -0.257. The van der Waals surface area contributed by atoms with E-state index in [1.54, 1.807) is 10.5 Å². The van der Waals surface area contributed by atoms with Gasteiger partial charge in [-0.25, -0.2) is 4.39 Å². The molecule has 0 unspecified atom stereocenters. The molecule has 0 amide bonds. The highest BCUT2D eigenvalue weighted by Crippen LogP contribution is 2.24. The Hall–Kier alpha value is -1.65. The molecule has 1 aliphatic rings. The monoisotopic (exact) mass is 248 g/mol. The van der Waals surface area contributed by atoms with Crippen molar-refractivity contribution in [2.45, 2.75) is 26.2 Å². The number of hydrogen-bond acceptors (Lipinski definition) is 3. The molecule has 0 bridgehead atoms. The Balaban J connectivity index is 1.96. The summed E-state index contributed by atoms with van der Waals surface area (Å²) >= 11 is 0. The van der Waals surface area contributed by atoms with E-state index in [0.717, 1.165) is 19.0 Å². The summed E-state index contributed by atoms with van der Waals surface area (Å²) in [6.45, 7) is 4.19. The fourth-order valence-electron chi connectivity index (χ4n) is 2.65. The fourth-order valence-corrected chi connectivity index (χ4v) is 2.65. The summed E-state index contributed by atoms with van der Waals surface area (Å²) in [4.78, 5) is 2.22. The van der Waals surface area contributed by atoms with Gasteiger partial charge in [0.2, 0.25) is 5.95 Å². The molecule has 3 heterocycles. The second kappa shape index (κ2) is 4.55. The van der Waals surface area contributed by atoms with E-state index in [0.29, 0.717) is 11.6 Å². The van der Waals surface area contributed by atoms with Crippen LogP contribution >= 0.6 is 0 Å².